The fourth-order valence-electron chi connectivity index (χ4n) is 6.63. The molecule has 2 N–H and O–H groups in total. The lowest BCUT2D eigenvalue weighted by atomic mass is 9.49. The lowest BCUT2D eigenvalue weighted by Gasteiger charge is -2.56. The second-order valence-corrected chi connectivity index (χ2v) is 9.41. The van der Waals surface area contributed by atoms with Crippen LogP contribution in [0.5, 0.6) is 0 Å². The van der Waals surface area contributed by atoms with Crippen LogP contribution in [0.2, 0.25) is 0 Å². The Morgan fingerprint density at radius 3 is 2.85 bits per heavy atom. The molecule has 0 saturated heterocycles. The number of hydrogen-bond acceptors (Lipinski definition) is 2. The molecule has 26 heavy (non-hydrogen) atoms. The molecule has 1 aromatic heterocycles. The van der Waals surface area contributed by atoms with Gasteiger partial charge < -0.3 is 5.73 Å². The van der Waals surface area contributed by atoms with Crippen molar-refractivity contribution in [2.45, 2.75) is 58.4 Å². The van der Waals surface area contributed by atoms with Crippen molar-refractivity contribution in [3.63, 3.8) is 0 Å². The molecule has 5 atom stereocenters. The zero-order chi connectivity index (χ0) is 17.9. The first-order valence-electron chi connectivity index (χ1n) is 10.3. The summed E-state index contributed by atoms with van der Waals surface area (Å²) in [5.41, 5.74) is 13.0. The highest BCUT2D eigenvalue weighted by molar-refractivity contribution is 5.78. The van der Waals surface area contributed by atoms with Crippen LogP contribution in [0.25, 0.3) is 5.57 Å². The molecule has 1 heterocycles. The number of rotatable bonds is 1. The van der Waals surface area contributed by atoms with Crippen LogP contribution in [0.3, 0.4) is 0 Å². The highest BCUT2D eigenvalue weighted by atomic mass is 14.7. The van der Waals surface area contributed by atoms with Gasteiger partial charge in [-0.05, 0) is 73.0 Å². The normalized spacial score (nSPS) is 41.3. The highest BCUT2D eigenvalue weighted by Gasteiger charge is 2.54. The molecule has 0 radical (unpaired) electrons. The van der Waals surface area contributed by atoms with Crippen molar-refractivity contribution in [1.29, 1.82) is 0 Å². The van der Waals surface area contributed by atoms with Crippen LogP contribution < -0.4 is 5.73 Å². The molecule has 0 amide bonds. The minimum Gasteiger partial charge on any atom is -0.327 e. The maximum Gasteiger partial charge on any atom is 0.0343 e. The average molecular weight is 347 g/mol. The Labute approximate surface area is 157 Å². The van der Waals surface area contributed by atoms with E-state index in [0.717, 1.165) is 12.3 Å². The summed E-state index contributed by atoms with van der Waals surface area (Å²) in [6.07, 6.45) is 18.7. The number of allylic oxidation sites excluding steroid dienone is 5. The van der Waals surface area contributed by atoms with Crippen LogP contribution >= 0.6 is 0 Å². The third-order valence-corrected chi connectivity index (χ3v) is 8.16. The molecule has 0 bridgehead atoms. The number of nitrogens with zero attached hydrogens (tertiary/aromatic N) is 1. The largest absolute Gasteiger partial charge is 0.327 e. The van der Waals surface area contributed by atoms with Crippen LogP contribution in [0.1, 0.15) is 57.9 Å². The van der Waals surface area contributed by atoms with E-state index in [2.05, 4.69) is 49.2 Å². The van der Waals surface area contributed by atoms with Gasteiger partial charge in [0.15, 0.2) is 0 Å². The summed E-state index contributed by atoms with van der Waals surface area (Å²) in [4.78, 5) is 4.37. The Balaban J connectivity index is 1.50. The van der Waals surface area contributed by atoms with E-state index in [4.69, 9.17) is 5.73 Å². The summed E-state index contributed by atoms with van der Waals surface area (Å²) in [5.74, 6) is 1.48. The van der Waals surface area contributed by atoms with E-state index in [1.165, 1.54) is 43.2 Å². The second-order valence-electron chi connectivity index (χ2n) is 9.41. The Hall–Kier alpha value is -1.67. The predicted molar refractivity (Wildman–Crippen MR) is 107 cm³/mol. The summed E-state index contributed by atoms with van der Waals surface area (Å²) in [6.45, 7) is 5.01. The molecule has 0 aliphatic heterocycles. The van der Waals surface area contributed by atoms with E-state index in [9.17, 15) is 0 Å². The van der Waals surface area contributed by atoms with Crippen LogP contribution in [0.15, 0.2) is 53.9 Å². The molecule has 136 valence electrons. The molecule has 4 aliphatic carbocycles. The number of aromatic nitrogens is 1. The summed E-state index contributed by atoms with van der Waals surface area (Å²) < 4.78 is 0. The Morgan fingerprint density at radius 2 is 2.04 bits per heavy atom. The summed E-state index contributed by atoms with van der Waals surface area (Å²) in [6, 6.07) is 4.66. The fourth-order valence-corrected chi connectivity index (χ4v) is 6.63. The van der Waals surface area contributed by atoms with Gasteiger partial charge in [-0.3, -0.25) is 4.98 Å². The molecule has 2 saturated carbocycles. The number of fused-ring (bicyclic) bond motifs is 5. The minimum atomic E-state index is 0.191. The molecule has 2 nitrogen and oxygen atoms in total. The molecule has 2 heteroatoms. The number of pyridine rings is 1. The van der Waals surface area contributed by atoms with E-state index in [1.54, 1.807) is 11.1 Å². The number of hydrogen-bond donors (Lipinski definition) is 1. The molecule has 4 aliphatic rings. The van der Waals surface area contributed by atoms with E-state index in [0.29, 0.717) is 17.4 Å². The quantitative estimate of drug-likeness (QED) is 0.702. The number of nitrogens with two attached hydrogens (primary N) is 1. The third kappa shape index (κ3) is 2.18. The summed E-state index contributed by atoms with van der Waals surface area (Å²) >= 11 is 0. The van der Waals surface area contributed by atoms with E-state index in [-0.39, 0.29) is 5.41 Å². The molecule has 5 unspecified atom stereocenters. The van der Waals surface area contributed by atoms with Crippen molar-refractivity contribution in [2.24, 2.45) is 28.4 Å². The van der Waals surface area contributed by atoms with Crippen molar-refractivity contribution < 1.29 is 0 Å². The van der Waals surface area contributed by atoms with Gasteiger partial charge in [-0.1, -0.05) is 49.3 Å². The second kappa shape index (κ2) is 5.66. The third-order valence-electron chi connectivity index (χ3n) is 8.16. The SMILES string of the molecule is CC12CCC3C(CC=C4CC(N)CCC43C)C1=CC=C2c1cccnc1. The Kier molecular flexibility index (Phi) is 3.59. The van der Waals surface area contributed by atoms with E-state index >= 15 is 0 Å². The van der Waals surface area contributed by atoms with Crippen LogP contribution in [0.4, 0.5) is 0 Å². The van der Waals surface area contributed by atoms with E-state index < -0.39 is 0 Å². The zero-order valence-electron chi connectivity index (χ0n) is 16.0. The highest BCUT2D eigenvalue weighted by Crippen LogP contribution is 2.64. The van der Waals surface area contributed by atoms with E-state index in [1.807, 2.05) is 12.4 Å². The standard InChI is InChI=1S/C24H30N2/c1-23-11-9-18(25)14-17(23)5-6-19-21-8-7-20(16-4-3-13-26-15-16)24(21,2)12-10-22(19)23/h3-5,7-8,13,15,18-19,22H,6,9-12,14,25H2,1-2H3. The van der Waals surface area contributed by atoms with Gasteiger partial charge in [0, 0.05) is 23.9 Å². The Morgan fingerprint density at radius 1 is 1.15 bits per heavy atom. The van der Waals surface area contributed by atoms with Gasteiger partial charge in [0.05, 0.1) is 0 Å². The van der Waals surface area contributed by atoms with Gasteiger partial charge in [-0.2, -0.15) is 0 Å². The molecule has 2 fully saturated rings. The van der Waals surface area contributed by atoms with Crippen molar-refractivity contribution in [1.82, 2.24) is 4.98 Å². The minimum absolute atomic E-state index is 0.191. The van der Waals surface area contributed by atoms with Gasteiger partial charge in [0.1, 0.15) is 0 Å². The monoisotopic (exact) mass is 346 g/mol. The van der Waals surface area contributed by atoms with Crippen LogP contribution in [0, 0.1) is 22.7 Å². The molecule has 0 aromatic carbocycles. The summed E-state index contributed by atoms with van der Waals surface area (Å²) in [5, 5.41) is 0. The fraction of sp³-hybridized carbons (Fsp3) is 0.542. The first kappa shape index (κ1) is 16.5. The van der Waals surface area contributed by atoms with Gasteiger partial charge in [-0.15, -0.1) is 0 Å². The molecule has 5 rings (SSSR count). The van der Waals surface area contributed by atoms with Gasteiger partial charge >= 0.3 is 0 Å². The van der Waals surface area contributed by atoms with Gasteiger partial charge in [0.2, 0.25) is 0 Å². The van der Waals surface area contributed by atoms with Crippen molar-refractivity contribution in [3.05, 3.63) is 59.5 Å². The van der Waals surface area contributed by atoms with Crippen LogP contribution in [-0.2, 0) is 0 Å². The van der Waals surface area contributed by atoms with Gasteiger partial charge in [0.25, 0.3) is 0 Å². The summed E-state index contributed by atoms with van der Waals surface area (Å²) in [7, 11) is 0. The maximum atomic E-state index is 6.29. The lowest BCUT2D eigenvalue weighted by molar-refractivity contribution is 0.0739. The molecule has 0 spiro atoms. The molecular weight excluding hydrogens is 316 g/mol. The molecule has 1 aromatic rings. The topological polar surface area (TPSA) is 38.9 Å². The van der Waals surface area contributed by atoms with Crippen molar-refractivity contribution in [2.75, 3.05) is 0 Å². The van der Waals surface area contributed by atoms with Crippen molar-refractivity contribution in [3.8, 4) is 0 Å². The maximum absolute atomic E-state index is 6.29. The van der Waals surface area contributed by atoms with Gasteiger partial charge in [-0.25, -0.2) is 0 Å². The average Bonchev–Trinajstić information content (AvgIpc) is 3.00. The lowest BCUT2D eigenvalue weighted by Crippen LogP contribution is -2.48. The zero-order valence-corrected chi connectivity index (χ0v) is 16.0. The molecular formula is C24H30N2. The van der Waals surface area contributed by atoms with Crippen LogP contribution in [-0.4, -0.2) is 11.0 Å². The first-order valence-corrected chi connectivity index (χ1v) is 10.3. The smallest absolute Gasteiger partial charge is 0.0343 e. The first-order chi connectivity index (χ1) is 12.5. The van der Waals surface area contributed by atoms with Crippen molar-refractivity contribution >= 4 is 5.57 Å². The predicted octanol–water partition coefficient (Wildman–Crippen LogP) is 5.29. The Bertz CT molecular complexity index is 818.